The average molecular weight is 398 g/mol. The first-order valence-electron chi connectivity index (χ1n) is 8.58. The standard InChI is InChI=1S/C21H19FN2O3S/c1-27-19-8-7-16(22)11-18(19)14-4-2-5-15(10-14)21(26)24-13-20(25)23-12-17-6-3-9-28-17/h2-11H,12-13H2,1H3,(H,23,25)(H,24,26). The molecule has 1 aromatic heterocycles. The summed E-state index contributed by atoms with van der Waals surface area (Å²) in [5.74, 6) is -0.548. The molecule has 2 aromatic carbocycles. The van der Waals surface area contributed by atoms with Crippen LogP contribution in [-0.4, -0.2) is 25.5 Å². The monoisotopic (exact) mass is 398 g/mol. The number of methoxy groups -OCH3 is 1. The van der Waals surface area contributed by atoms with Crippen LogP contribution in [0, 0.1) is 5.82 Å². The van der Waals surface area contributed by atoms with E-state index in [0.717, 1.165) is 4.88 Å². The Hall–Kier alpha value is -3.19. The van der Waals surface area contributed by atoms with Crippen LogP contribution in [0.15, 0.2) is 60.0 Å². The predicted octanol–water partition coefficient (Wildman–Crippen LogP) is 3.61. The third kappa shape index (κ3) is 4.95. The van der Waals surface area contributed by atoms with Crippen LogP contribution >= 0.6 is 11.3 Å². The molecular weight excluding hydrogens is 379 g/mol. The lowest BCUT2D eigenvalue weighted by Crippen LogP contribution is -2.36. The lowest BCUT2D eigenvalue weighted by Gasteiger charge is -2.11. The number of benzene rings is 2. The minimum Gasteiger partial charge on any atom is -0.496 e. The second-order valence-corrected chi connectivity index (χ2v) is 7.00. The molecule has 28 heavy (non-hydrogen) atoms. The molecule has 0 fully saturated rings. The number of hydrogen-bond acceptors (Lipinski definition) is 4. The van der Waals surface area contributed by atoms with E-state index in [1.165, 1.54) is 25.3 Å². The molecule has 0 bridgehead atoms. The molecule has 144 valence electrons. The van der Waals surface area contributed by atoms with E-state index in [4.69, 9.17) is 4.74 Å². The number of amides is 2. The third-order valence-corrected chi connectivity index (χ3v) is 4.92. The van der Waals surface area contributed by atoms with E-state index in [0.29, 0.717) is 29.0 Å². The van der Waals surface area contributed by atoms with Crippen LogP contribution in [0.4, 0.5) is 4.39 Å². The second kappa shape index (κ2) is 9.14. The quantitative estimate of drug-likeness (QED) is 0.639. The Bertz CT molecular complexity index is 974. The smallest absolute Gasteiger partial charge is 0.251 e. The third-order valence-electron chi connectivity index (χ3n) is 4.05. The summed E-state index contributed by atoms with van der Waals surface area (Å²) >= 11 is 1.55. The van der Waals surface area contributed by atoms with Gasteiger partial charge in [0.15, 0.2) is 0 Å². The molecule has 3 rings (SSSR count). The fraction of sp³-hybridized carbons (Fsp3) is 0.143. The summed E-state index contributed by atoms with van der Waals surface area (Å²) in [6, 6.07) is 14.8. The first kappa shape index (κ1) is 19.6. The van der Waals surface area contributed by atoms with Crippen LogP contribution in [0.3, 0.4) is 0 Å². The van der Waals surface area contributed by atoms with E-state index in [9.17, 15) is 14.0 Å². The van der Waals surface area contributed by atoms with Crippen molar-refractivity contribution in [2.24, 2.45) is 0 Å². The molecule has 7 heteroatoms. The van der Waals surface area contributed by atoms with Crippen molar-refractivity contribution in [2.75, 3.05) is 13.7 Å². The molecule has 0 saturated heterocycles. The number of nitrogens with one attached hydrogen (secondary N) is 2. The summed E-state index contributed by atoms with van der Waals surface area (Å²) in [6.07, 6.45) is 0. The van der Waals surface area contributed by atoms with Gasteiger partial charge in [-0.3, -0.25) is 9.59 Å². The van der Waals surface area contributed by atoms with E-state index in [2.05, 4.69) is 10.6 Å². The van der Waals surface area contributed by atoms with Gasteiger partial charge in [0.05, 0.1) is 20.2 Å². The highest BCUT2D eigenvalue weighted by atomic mass is 32.1. The highest BCUT2D eigenvalue weighted by molar-refractivity contribution is 7.09. The first-order valence-corrected chi connectivity index (χ1v) is 9.46. The van der Waals surface area contributed by atoms with Crippen LogP contribution in [0.1, 0.15) is 15.2 Å². The van der Waals surface area contributed by atoms with Gasteiger partial charge in [0.1, 0.15) is 11.6 Å². The van der Waals surface area contributed by atoms with Gasteiger partial charge in [-0.2, -0.15) is 0 Å². The Morgan fingerprint density at radius 2 is 1.93 bits per heavy atom. The maximum Gasteiger partial charge on any atom is 0.251 e. The molecule has 0 aliphatic heterocycles. The van der Waals surface area contributed by atoms with Gasteiger partial charge in [0, 0.05) is 16.0 Å². The van der Waals surface area contributed by atoms with Gasteiger partial charge in [0.25, 0.3) is 5.91 Å². The van der Waals surface area contributed by atoms with Crippen molar-refractivity contribution in [3.8, 4) is 16.9 Å². The van der Waals surface area contributed by atoms with Gasteiger partial charge in [-0.1, -0.05) is 18.2 Å². The molecule has 0 radical (unpaired) electrons. The van der Waals surface area contributed by atoms with E-state index >= 15 is 0 Å². The minimum absolute atomic E-state index is 0.127. The molecule has 1 heterocycles. The topological polar surface area (TPSA) is 67.4 Å². The van der Waals surface area contributed by atoms with Gasteiger partial charge < -0.3 is 15.4 Å². The van der Waals surface area contributed by atoms with Crippen LogP contribution in [0.2, 0.25) is 0 Å². The van der Waals surface area contributed by atoms with E-state index < -0.39 is 5.82 Å². The zero-order chi connectivity index (χ0) is 19.9. The van der Waals surface area contributed by atoms with Crippen molar-refractivity contribution in [3.63, 3.8) is 0 Å². The second-order valence-electron chi connectivity index (χ2n) is 5.96. The molecule has 5 nitrogen and oxygen atoms in total. The summed E-state index contributed by atoms with van der Waals surface area (Å²) < 4.78 is 18.9. The number of rotatable bonds is 7. The fourth-order valence-corrected chi connectivity index (χ4v) is 3.30. The summed E-state index contributed by atoms with van der Waals surface area (Å²) in [5, 5.41) is 7.28. The van der Waals surface area contributed by atoms with Crippen molar-refractivity contribution in [1.29, 1.82) is 0 Å². The number of hydrogen-bond donors (Lipinski definition) is 2. The SMILES string of the molecule is COc1ccc(F)cc1-c1cccc(C(=O)NCC(=O)NCc2cccs2)c1. The molecule has 2 N–H and O–H groups in total. The number of carbonyl (C=O) groups excluding carboxylic acids is 2. The molecule has 3 aromatic rings. The van der Waals surface area contributed by atoms with Crippen molar-refractivity contribution in [3.05, 3.63) is 76.2 Å². The van der Waals surface area contributed by atoms with E-state index in [1.54, 1.807) is 35.6 Å². The number of ether oxygens (including phenoxy) is 1. The highest BCUT2D eigenvalue weighted by Gasteiger charge is 2.12. The van der Waals surface area contributed by atoms with E-state index in [1.807, 2.05) is 17.5 Å². The number of carbonyl (C=O) groups is 2. The Morgan fingerprint density at radius 1 is 1.07 bits per heavy atom. The van der Waals surface area contributed by atoms with Crippen molar-refractivity contribution in [1.82, 2.24) is 10.6 Å². The molecule has 0 unspecified atom stereocenters. The van der Waals surface area contributed by atoms with Crippen LogP contribution in [0.25, 0.3) is 11.1 Å². The van der Waals surface area contributed by atoms with Gasteiger partial charge in [0.2, 0.25) is 5.91 Å². The average Bonchev–Trinajstić information content (AvgIpc) is 3.24. The highest BCUT2D eigenvalue weighted by Crippen LogP contribution is 2.31. The normalized spacial score (nSPS) is 10.4. The Labute approximate surface area is 166 Å². The van der Waals surface area contributed by atoms with Crippen LogP contribution in [-0.2, 0) is 11.3 Å². The summed E-state index contributed by atoms with van der Waals surface area (Å²) in [6.45, 7) is 0.305. The van der Waals surface area contributed by atoms with Crippen molar-refractivity contribution < 1.29 is 18.7 Å². The summed E-state index contributed by atoms with van der Waals surface area (Å²) in [4.78, 5) is 25.3. The maximum absolute atomic E-state index is 13.6. The van der Waals surface area contributed by atoms with Gasteiger partial charge >= 0.3 is 0 Å². The number of thiophene rings is 1. The van der Waals surface area contributed by atoms with Gasteiger partial charge in [-0.05, 0) is 47.3 Å². The number of halogens is 1. The first-order chi connectivity index (χ1) is 13.6. The molecule has 2 amide bonds. The van der Waals surface area contributed by atoms with Crippen LogP contribution < -0.4 is 15.4 Å². The van der Waals surface area contributed by atoms with Crippen molar-refractivity contribution >= 4 is 23.2 Å². The molecule has 0 spiro atoms. The summed E-state index contributed by atoms with van der Waals surface area (Å²) in [7, 11) is 1.50. The molecule has 0 atom stereocenters. The fourth-order valence-electron chi connectivity index (χ4n) is 2.66. The summed E-state index contributed by atoms with van der Waals surface area (Å²) in [5.41, 5.74) is 1.56. The largest absolute Gasteiger partial charge is 0.496 e. The zero-order valence-electron chi connectivity index (χ0n) is 15.2. The molecular formula is C21H19FN2O3S. The zero-order valence-corrected chi connectivity index (χ0v) is 16.0. The predicted molar refractivity (Wildman–Crippen MR) is 107 cm³/mol. The van der Waals surface area contributed by atoms with E-state index in [-0.39, 0.29) is 18.4 Å². The molecule has 0 aliphatic carbocycles. The van der Waals surface area contributed by atoms with Crippen molar-refractivity contribution in [2.45, 2.75) is 6.54 Å². The van der Waals surface area contributed by atoms with Gasteiger partial charge in [-0.25, -0.2) is 4.39 Å². The molecule has 0 aliphatic rings. The lowest BCUT2D eigenvalue weighted by atomic mass is 10.0. The minimum atomic E-state index is -0.395. The van der Waals surface area contributed by atoms with Gasteiger partial charge in [-0.15, -0.1) is 11.3 Å². The Balaban J connectivity index is 1.64. The Morgan fingerprint density at radius 3 is 2.68 bits per heavy atom. The lowest BCUT2D eigenvalue weighted by molar-refractivity contribution is -0.120. The molecule has 0 saturated carbocycles. The Kier molecular flexibility index (Phi) is 6.39. The van der Waals surface area contributed by atoms with Crippen LogP contribution in [0.5, 0.6) is 5.75 Å². The maximum atomic E-state index is 13.6.